The van der Waals surface area contributed by atoms with Gasteiger partial charge in [0.15, 0.2) is 0 Å². The molecule has 0 saturated carbocycles. The van der Waals surface area contributed by atoms with Crippen LogP contribution in [0.1, 0.15) is 16.7 Å². The summed E-state index contributed by atoms with van der Waals surface area (Å²) in [6.07, 6.45) is 2.77. The van der Waals surface area contributed by atoms with Crippen molar-refractivity contribution in [2.45, 2.75) is 13.3 Å². The van der Waals surface area contributed by atoms with Crippen LogP contribution in [0.5, 0.6) is 0 Å². The molecule has 148 valence electrons. The lowest BCUT2D eigenvalue weighted by atomic mass is 10.1. The third-order valence-electron chi connectivity index (χ3n) is 4.93. The van der Waals surface area contributed by atoms with E-state index in [0.29, 0.717) is 10.9 Å². The molecule has 0 N–H and O–H groups in total. The number of allylic oxidation sites excluding steroid dienone is 1. The lowest BCUT2D eigenvalue weighted by molar-refractivity contribution is 0.831. The fraction of sp³-hybridized carbons (Fsp3) is 0.120. The molecule has 1 aromatic heterocycles. The Morgan fingerprint density at radius 1 is 0.967 bits per heavy atom. The van der Waals surface area contributed by atoms with Crippen molar-refractivity contribution in [3.63, 3.8) is 0 Å². The number of aryl methyl sites for hydroxylation is 1. The highest BCUT2D eigenvalue weighted by Crippen LogP contribution is 2.20. The van der Waals surface area contributed by atoms with Crippen LogP contribution in [0.2, 0.25) is 0 Å². The van der Waals surface area contributed by atoms with Crippen molar-refractivity contribution in [3.05, 3.63) is 112 Å². The average Bonchev–Trinajstić information content (AvgIpc) is 2.78. The lowest BCUT2D eigenvalue weighted by Gasteiger charge is -2.05. The quantitative estimate of drug-likeness (QED) is 0.413. The Morgan fingerprint density at radius 2 is 1.67 bits per heavy atom. The summed E-state index contributed by atoms with van der Waals surface area (Å²) >= 11 is 0. The maximum atomic E-state index is 12.6. The van der Waals surface area contributed by atoms with Gasteiger partial charge in [0.25, 0.3) is 11.5 Å². The maximum Gasteiger partial charge on any atom is 0.262 e. The summed E-state index contributed by atoms with van der Waals surface area (Å²) in [5.74, 6) is 0.274. The van der Waals surface area contributed by atoms with Crippen molar-refractivity contribution in [1.29, 1.82) is 0 Å². The number of aromatic nitrogens is 2. The molecule has 0 radical (unpaired) electrons. The first kappa shape index (κ1) is 19.5. The number of hydrogen-bond donors (Lipinski definition) is 0. The van der Waals surface area contributed by atoms with Gasteiger partial charge in [-0.2, -0.15) is 0 Å². The van der Waals surface area contributed by atoms with Gasteiger partial charge >= 0.3 is 0 Å². The molecule has 5 heteroatoms. The zero-order chi connectivity index (χ0) is 20.9. The minimum absolute atomic E-state index is 0.139. The molecular formula is C25H22N4O. The molecule has 0 amide bonds. The van der Waals surface area contributed by atoms with Crippen LogP contribution in [0.3, 0.4) is 0 Å². The molecule has 0 saturated heterocycles. The molecule has 1 heterocycles. The first-order valence-corrected chi connectivity index (χ1v) is 9.80. The number of hydrogen-bond acceptors (Lipinski definition) is 4. The van der Waals surface area contributed by atoms with Crippen molar-refractivity contribution >= 4 is 22.5 Å². The predicted molar refractivity (Wildman–Crippen MR) is 121 cm³/mol. The summed E-state index contributed by atoms with van der Waals surface area (Å²) in [6, 6.07) is 25.6. The van der Waals surface area contributed by atoms with E-state index in [4.69, 9.17) is 0 Å². The van der Waals surface area contributed by atoms with Gasteiger partial charge in [0.2, 0.25) is 0 Å². The Labute approximate surface area is 175 Å². The van der Waals surface area contributed by atoms with Gasteiger partial charge in [-0.1, -0.05) is 78.4 Å². The number of azo groups is 1. The third-order valence-corrected chi connectivity index (χ3v) is 4.93. The van der Waals surface area contributed by atoms with Gasteiger partial charge < -0.3 is 0 Å². The molecule has 0 fully saturated rings. The molecule has 3 aromatic carbocycles. The molecule has 0 aliphatic heterocycles. The van der Waals surface area contributed by atoms with Crippen LogP contribution in [-0.4, -0.2) is 9.55 Å². The minimum Gasteiger partial charge on any atom is -0.278 e. The van der Waals surface area contributed by atoms with E-state index in [1.54, 1.807) is 19.2 Å². The molecule has 30 heavy (non-hydrogen) atoms. The average molecular weight is 394 g/mol. The minimum atomic E-state index is -0.139. The Balaban J connectivity index is 1.71. The second-order valence-corrected chi connectivity index (χ2v) is 7.14. The van der Waals surface area contributed by atoms with Crippen LogP contribution >= 0.6 is 0 Å². The fourth-order valence-corrected chi connectivity index (χ4v) is 3.16. The molecule has 5 nitrogen and oxygen atoms in total. The highest BCUT2D eigenvalue weighted by atomic mass is 16.1. The zero-order valence-corrected chi connectivity index (χ0v) is 17.0. The van der Waals surface area contributed by atoms with Crippen molar-refractivity contribution in [2.24, 2.45) is 17.3 Å². The van der Waals surface area contributed by atoms with E-state index in [1.807, 2.05) is 48.5 Å². The first-order valence-electron chi connectivity index (χ1n) is 9.80. The van der Waals surface area contributed by atoms with E-state index >= 15 is 0 Å². The van der Waals surface area contributed by atoms with Gasteiger partial charge in [-0.3, -0.25) is 9.36 Å². The van der Waals surface area contributed by atoms with Gasteiger partial charge in [-0.25, -0.2) is 4.98 Å². The Kier molecular flexibility index (Phi) is 5.61. The van der Waals surface area contributed by atoms with Crippen molar-refractivity contribution in [2.75, 3.05) is 0 Å². The van der Waals surface area contributed by atoms with E-state index in [9.17, 15) is 4.79 Å². The van der Waals surface area contributed by atoms with Crippen molar-refractivity contribution < 1.29 is 0 Å². The Bertz CT molecular complexity index is 1290. The van der Waals surface area contributed by atoms with Gasteiger partial charge in [-0.05, 0) is 31.0 Å². The molecule has 0 aliphatic rings. The Morgan fingerprint density at radius 3 is 2.43 bits per heavy atom. The molecule has 0 atom stereocenters. The largest absolute Gasteiger partial charge is 0.278 e. The molecule has 0 unspecified atom stereocenters. The standard InChI is InChI=1S/C25H22N4O/c1-18-12-14-19(15-13-18)16-17-22(20-8-4-3-5-9-20)27-28-25-26-23-11-7-6-10-21(23)24(30)29(25)2/h3-15,17H,16H2,1-2H3/b22-17-,28-27?. The Hall–Kier alpha value is -3.86. The number of benzene rings is 3. The van der Waals surface area contributed by atoms with Crippen LogP contribution in [0, 0.1) is 6.92 Å². The van der Waals surface area contributed by atoms with E-state index in [0.717, 1.165) is 17.7 Å². The van der Waals surface area contributed by atoms with Crippen LogP contribution in [0.15, 0.2) is 100.0 Å². The first-order chi connectivity index (χ1) is 14.6. The van der Waals surface area contributed by atoms with E-state index in [-0.39, 0.29) is 11.5 Å². The van der Waals surface area contributed by atoms with Gasteiger partial charge in [0.1, 0.15) is 0 Å². The summed E-state index contributed by atoms with van der Waals surface area (Å²) in [7, 11) is 1.66. The van der Waals surface area contributed by atoms with Gasteiger partial charge in [-0.15, -0.1) is 10.2 Å². The topological polar surface area (TPSA) is 59.6 Å². The van der Waals surface area contributed by atoms with Crippen molar-refractivity contribution in [3.8, 4) is 0 Å². The van der Waals surface area contributed by atoms with Gasteiger partial charge in [0.05, 0.1) is 16.6 Å². The highest BCUT2D eigenvalue weighted by Gasteiger charge is 2.08. The normalized spacial score (nSPS) is 12.0. The van der Waals surface area contributed by atoms with Crippen LogP contribution < -0.4 is 5.56 Å². The maximum absolute atomic E-state index is 12.6. The number of fused-ring (bicyclic) bond motifs is 1. The smallest absolute Gasteiger partial charge is 0.262 e. The summed E-state index contributed by atoms with van der Waals surface area (Å²) in [5.41, 5.74) is 4.59. The molecular weight excluding hydrogens is 372 g/mol. The second-order valence-electron chi connectivity index (χ2n) is 7.14. The van der Waals surface area contributed by atoms with E-state index in [1.165, 1.54) is 15.7 Å². The summed E-state index contributed by atoms with van der Waals surface area (Å²) in [5, 5.41) is 9.36. The zero-order valence-electron chi connectivity index (χ0n) is 17.0. The summed E-state index contributed by atoms with van der Waals surface area (Å²) < 4.78 is 1.43. The number of nitrogens with zero attached hydrogens (tertiary/aromatic N) is 4. The fourth-order valence-electron chi connectivity index (χ4n) is 3.16. The van der Waals surface area contributed by atoms with Gasteiger partial charge in [0, 0.05) is 12.6 Å². The molecule has 0 bridgehead atoms. The van der Waals surface area contributed by atoms with E-state index < -0.39 is 0 Å². The van der Waals surface area contributed by atoms with Crippen molar-refractivity contribution in [1.82, 2.24) is 9.55 Å². The third kappa shape index (κ3) is 4.25. The van der Waals surface area contributed by atoms with Crippen LogP contribution in [-0.2, 0) is 13.5 Å². The highest BCUT2D eigenvalue weighted by molar-refractivity contribution is 5.78. The SMILES string of the molecule is Cc1ccc(C/C=C(\N=Nc2nc3ccccc3c(=O)n2C)c2ccccc2)cc1. The summed E-state index contributed by atoms with van der Waals surface area (Å²) in [4.78, 5) is 17.1. The van der Waals surface area contributed by atoms with E-state index in [2.05, 4.69) is 46.4 Å². The summed E-state index contributed by atoms with van der Waals surface area (Å²) in [6.45, 7) is 2.07. The predicted octanol–water partition coefficient (Wildman–Crippen LogP) is 5.61. The molecule has 4 aromatic rings. The number of rotatable bonds is 5. The number of para-hydroxylation sites is 1. The van der Waals surface area contributed by atoms with Crippen LogP contribution in [0.25, 0.3) is 16.6 Å². The second kappa shape index (κ2) is 8.66. The molecule has 4 rings (SSSR count). The molecule has 0 aliphatic carbocycles. The molecule has 0 spiro atoms. The monoisotopic (exact) mass is 394 g/mol. The van der Waals surface area contributed by atoms with Crippen LogP contribution in [0.4, 0.5) is 5.95 Å². The lowest BCUT2D eigenvalue weighted by Crippen LogP contribution is -2.17.